The molecule has 31 heavy (non-hydrogen) atoms. The van der Waals surface area contributed by atoms with E-state index in [2.05, 4.69) is 38.2 Å². The minimum absolute atomic E-state index is 0.107. The van der Waals surface area contributed by atoms with Crippen molar-refractivity contribution in [1.29, 1.82) is 0 Å². The number of benzene rings is 3. The molecule has 4 heteroatoms. The fourth-order valence-corrected chi connectivity index (χ4v) is 3.97. The number of carbonyl (C=O) groups excluding carboxylic acids is 1. The van der Waals surface area contributed by atoms with E-state index in [9.17, 15) is 4.79 Å². The van der Waals surface area contributed by atoms with Gasteiger partial charge in [-0.25, -0.2) is 0 Å². The van der Waals surface area contributed by atoms with Gasteiger partial charge in [0.25, 0.3) is 5.91 Å². The number of hydrogen-bond donors (Lipinski definition) is 1. The van der Waals surface area contributed by atoms with E-state index in [1.54, 1.807) is 7.11 Å². The second-order valence-corrected chi connectivity index (χ2v) is 8.33. The van der Waals surface area contributed by atoms with Crippen LogP contribution in [0.5, 0.6) is 11.5 Å². The van der Waals surface area contributed by atoms with E-state index < -0.39 is 6.10 Å². The lowest BCUT2D eigenvalue weighted by atomic mass is 9.93. The van der Waals surface area contributed by atoms with Crippen molar-refractivity contribution >= 4 is 16.7 Å². The van der Waals surface area contributed by atoms with E-state index in [0.29, 0.717) is 12.3 Å². The first kappa shape index (κ1) is 22.7. The van der Waals surface area contributed by atoms with Crippen LogP contribution in [0.1, 0.15) is 62.8 Å². The molecule has 1 amide bonds. The summed E-state index contributed by atoms with van der Waals surface area (Å²) in [5.41, 5.74) is 3.33. The number of aryl methyl sites for hydroxylation is 1. The van der Waals surface area contributed by atoms with Crippen molar-refractivity contribution in [3.8, 4) is 11.5 Å². The predicted molar refractivity (Wildman–Crippen MR) is 127 cm³/mol. The minimum atomic E-state index is -0.559. The van der Waals surface area contributed by atoms with Crippen molar-refractivity contribution in [1.82, 2.24) is 5.32 Å². The zero-order chi connectivity index (χ0) is 22.5. The maximum Gasteiger partial charge on any atom is 0.261 e. The first-order valence-corrected chi connectivity index (χ1v) is 11.0. The number of methoxy groups -OCH3 is 1. The van der Waals surface area contributed by atoms with Gasteiger partial charge in [-0.3, -0.25) is 4.79 Å². The Morgan fingerprint density at radius 1 is 0.968 bits per heavy atom. The van der Waals surface area contributed by atoms with Crippen LogP contribution in [0.25, 0.3) is 10.8 Å². The summed E-state index contributed by atoms with van der Waals surface area (Å²) in [7, 11) is 1.70. The van der Waals surface area contributed by atoms with E-state index in [-0.39, 0.29) is 11.9 Å². The van der Waals surface area contributed by atoms with Crippen LogP contribution in [-0.2, 0) is 4.79 Å². The Bertz CT molecular complexity index is 1050. The molecule has 0 aliphatic heterocycles. The highest BCUT2D eigenvalue weighted by Gasteiger charge is 2.23. The molecule has 2 atom stereocenters. The summed E-state index contributed by atoms with van der Waals surface area (Å²) >= 11 is 0. The Morgan fingerprint density at radius 3 is 2.35 bits per heavy atom. The highest BCUT2D eigenvalue weighted by Crippen LogP contribution is 2.32. The highest BCUT2D eigenvalue weighted by molar-refractivity contribution is 5.89. The van der Waals surface area contributed by atoms with Crippen LogP contribution in [0.2, 0.25) is 0 Å². The molecule has 0 heterocycles. The molecule has 0 fully saturated rings. The number of carbonyl (C=O) groups is 1. The van der Waals surface area contributed by atoms with Gasteiger partial charge in [0.15, 0.2) is 6.10 Å². The second-order valence-electron chi connectivity index (χ2n) is 8.33. The molecule has 3 aromatic rings. The van der Waals surface area contributed by atoms with Crippen LogP contribution in [0.4, 0.5) is 0 Å². The van der Waals surface area contributed by atoms with Gasteiger partial charge in [0.05, 0.1) is 13.2 Å². The quantitative estimate of drug-likeness (QED) is 0.465. The van der Waals surface area contributed by atoms with Gasteiger partial charge in [-0.1, -0.05) is 57.2 Å². The number of amides is 1. The summed E-state index contributed by atoms with van der Waals surface area (Å²) in [6.07, 6.45) is 0.0250. The summed E-state index contributed by atoms with van der Waals surface area (Å²) in [5.74, 6) is 1.84. The molecule has 0 saturated carbocycles. The number of hydrogen-bond acceptors (Lipinski definition) is 3. The summed E-state index contributed by atoms with van der Waals surface area (Å²) in [6, 6.07) is 18.0. The molecule has 164 valence electrons. The van der Waals surface area contributed by atoms with Crippen molar-refractivity contribution in [3.05, 3.63) is 71.3 Å². The molecule has 3 rings (SSSR count). The van der Waals surface area contributed by atoms with Crippen LogP contribution in [0.15, 0.2) is 54.6 Å². The van der Waals surface area contributed by atoms with Crippen molar-refractivity contribution in [2.24, 2.45) is 0 Å². The zero-order valence-electron chi connectivity index (χ0n) is 19.4. The second kappa shape index (κ2) is 9.86. The van der Waals surface area contributed by atoms with Crippen molar-refractivity contribution in [3.63, 3.8) is 0 Å². The predicted octanol–water partition coefficient (Wildman–Crippen LogP) is 6.32. The molecule has 0 unspecified atom stereocenters. The summed E-state index contributed by atoms with van der Waals surface area (Å²) in [4.78, 5) is 13.1. The number of fused-ring (bicyclic) bond motifs is 1. The summed E-state index contributed by atoms with van der Waals surface area (Å²) in [6.45, 7) is 10.3. The van der Waals surface area contributed by atoms with Gasteiger partial charge in [-0.2, -0.15) is 0 Å². The third kappa shape index (κ3) is 5.01. The Kier molecular flexibility index (Phi) is 7.21. The van der Waals surface area contributed by atoms with Crippen LogP contribution < -0.4 is 14.8 Å². The standard InChI is InChI=1S/C27H33NO3/c1-7-24(31-25-14-10-12-20-11-8-9-13-21(20)25)27(29)28-19(5)23-16-22(17(2)3)26(30-6)15-18(23)4/h8-17,19,24H,7H2,1-6H3,(H,28,29)/t19-,24-/m0/s1. The van der Waals surface area contributed by atoms with E-state index in [1.807, 2.05) is 56.3 Å². The van der Waals surface area contributed by atoms with Crippen LogP contribution in [0, 0.1) is 6.92 Å². The molecular weight excluding hydrogens is 386 g/mol. The maximum absolute atomic E-state index is 13.1. The van der Waals surface area contributed by atoms with Gasteiger partial charge >= 0.3 is 0 Å². The van der Waals surface area contributed by atoms with Gasteiger partial charge in [-0.15, -0.1) is 0 Å². The smallest absolute Gasteiger partial charge is 0.261 e. The molecule has 0 saturated heterocycles. The van der Waals surface area contributed by atoms with Gasteiger partial charge in [0.2, 0.25) is 0 Å². The van der Waals surface area contributed by atoms with Gasteiger partial charge in [0, 0.05) is 5.39 Å². The summed E-state index contributed by atoms with van der Waals surface area (Å²) < 4.78 is 11.7. The molecule has 0 aliphatic carbocycles. The zero-order valence-corrected chi connectivity index (χ0v) is 19.4. The van der Waals surface area contributed by atoms with Crippen LogP contribution >= 0.6 is 0 Å². The van der Waals surface area contributed by atoms with E-state index in [1.165, 1.54) is 0 Å². The number of rotatable bonds is 8. The van der Waals surface area contributed by atoms with Gasteiger partial charge in [-0.05, 0) is 66.5 Å². The molecule has 1 N–H and O–H groups in total. The van der Waals surface area contributed by atoms with Crippen molar-refractivity contribution in [2.45, 2.75) is 59.1 Å². The fourth-order valence-electron chi connectivity index (χ4n) is 3.97. The SMILES string of the molecule is CC[C@H](Oc1cccc2ccccc12)C(=O)N[C@@H](C)c1cc(C(C)C)c(OC)cc1C. The molecule has 4 nitrogen and oxygen atoms in total. The van der Waals surface area contributed by atoms with E-state index in [4.69, 9.17) is 9.47 Å². The topological polar surface area (TPSA) is 47.6 Å². The Hall–Kier alpha value is -3.01. The first-order valence-electron chi connectivity index (χ1n) is 11.0. The Morgan fingerprint density at radius 2 is 1.68 bits per heavy atom. The van der Waals surface area contributed by atoms with Gasteiger partial charge < -0.3 is 14.8 Å². The molecule has 0 radical (unpaired) electrons. The molecule has 0 bridgehead atoms. The van der Waals surface area contributed by atoms with Gasteiger partial charge in [0.1, 0.15) is 11.5 Å². The molecule has 0 aromatic heterocycles. The Balaban J connectivity index is 1.80. The monoisotopic (exact) mass is 419 g/mol. The lowest BCUT2D eigenvalue weighted by Crippen LogP contribution is -2.39. The third-order valence-corrected chi connectivity index (χ3v) is 5.75. The van der Waals surface area contributed by atoms with Crippen molar-refractivity contribution in [2.75, 3.05) is 7.11 Å². The largest absolute Gasteiger partial charge is 0.496 e. The fraction of sp³-hybridized carbons (Fsp3) is 0.370. The molecule has 0 spiro atoms. The normalized spacial score (nSPS) is 13.1. The lowest BCUT2D eigenvalue weighted by molar-refractivity contribution is -0.128. The number of nitrogens with one attached hydrogen (secondary N) is 1. The average Bonchev–Trinajstić information content (AvgIpc) is 2.76. The van der Waals surface area contributed by atoms with Crippen LogP contribution in [0.3, 0.4) is 0 Å². The number of ether oxygens (including phenoxy) is 2. The molecule has 0 aliphatic rings. The first-order chi connectivity index (χ1) is 14.8. The van der Waals surface area contributed by atoms with Crippen molar-refractivity contribution < 1.29 is 14.3 Å². The molecule has 3 aromatic carbocycles. The average molecular weight is 420 g/mol. The maximum atomic E-state index is 13.1. The minimum Gasteiger partial charge on any atom is -0.496 e. The summed E-state index contributed by atoms with van der Waals surface area (Å²) in [5, 5.41) is 5.26. The van der Waals surface area contributed by atoms with E-state index >= 15 is 0 Å². The molecular formula is C27H33NO3. The lowest BCUT2D eigenvalue weighted by Gasteiger charge is -2.24. The van der Waals surface area contributed by atoms with E-state index in [0.717, 1.165) is 39.0 Å². The highest BCUT2D eigenvalue weighted by atomic mass is 16.5. The third-order valence-electron chi connectivity index (χ3n) is 5.75. The van der Waals surface area contributed by atoms with Crippen LogP contribution in [-0.4, -0.2) is 19.1 Å². The Labute approximate surface area is 185 Å².